The molecule has 162 valence electrons. The molecule has 2 aromatic carbocycles. The number of rotatable bonds is 5. The molecule has 0 amide bonds. The SMILES string of the molecule is CCC1=C(C(=O)OC)[C@@H](c2ccccc2)n2c(s/c(=C\c3cccc([N+](=O)[O-])c3)c2=O)=N1. The van der Waals surface area contributed by atoms with Crippen LogP contribution in [0.15, 0.2) is 75.7 Å². The number of non-ortho nitro benzene ring substituents is 1. The fraction of sp³-hybridized carbons (Fsp3) is 0.174. The molecule has 0 fully saturated rings. The lowest BCUT2D eigenvalue weighted by molar-refractivity contribution is -0.384. The molecule has 0 saturated carbocycles. The number of nitrogens with zero attached hydrogens (tertiary/aromatic N) is 3. The summed E-state index contributed by atoms with van der Waals surface area (Å²) >= 11 is 1.18. The van der Waals surface area contributed by atoms with E-state index in [1.807, 2.05) is 37.3 Å². The van der Waals surface area contributed by atoms with Crippen molar-refractivity contribution in [2.45, 2.75) is 19.4 Å². The van der Waals surface area contributed by atoms with Crippen molar-refractivity contribution in [2.75, 3.05) is 7.11 Å². The standard InChI is InChI=1S/C23H19N3O5S/c1-3-17-19(22(28)31-2)20(15-9-5-4-6-10-15)25-21(27)18(32-23(25)24-17)13-14-8-7-11-16(12-14)26(29)30/h4-13,20H,3H2,1-2H3/b18-13-/t20-/m1/s1. The molecule has 0 spiro atoms. The van der Waals surface area contributed by atoms with Crippen molar-refractivity contribution in [2.24, 2.45) is 4.99 Å². The molecule has 0 aliphatic carbocycles. The number of hydrogen-bond acceptors (Lipinski definition) is 7. The first-order valence-electron chi connectivity index (χ1n) is 9.87. The Morgan fingerprint density at radius 1 is 1.25 bits per heavy atom. The molecule has 3 aromatic rings. The molecule has 8 nitrogen and oxygen atoms in total. The number of nitro groups is 1. The highest BCUT2D eigenvalue weighted by atomic mass is 32.1. The molecule has 1 aromatic heterocycles. The van der Waals surface area contributed by atoms with Crippen molar-refractivity contribution >= 4 is 29.1 Å². The van der Waals surface area contributed by atoms with E-state index >= 15 is 0 Å². The summed E-state index contributed by atoms with van der Waals surface area (Å²) < 4.78 is 6.89. The second-order valence-corrected chi connectivity index (χ2v) is 8.06. The zero-order chi connectivity index (χ0) is 22.8. The molecule has 1 atom stereocenters. The van der Waals surface area contributed by atoms with Gasteiger partial charge in [-0.3, -0.25) is 19.5 Å². The van der Waals surface area contributed by atoms with Crippen LogP contribution in [-0.2, 0) is 9.53 Å². The Bertz CT molecular complexity index is 1420. The van der Waals surface area contributed by atoms with E-state index in [4.69, 9.17) is 4.74 Å². The number of fused-ring (bicyclic) bond motifs is 1. The first-order chi connectivity index (χ1) is 15.4. The van der Waals surface area contributed by atoms with Gasteiger partial charge in [-0.25, -0.2) is 9.79 Å². The van der Waals surface area contributed by atoms with E-state index in [1.54, 1.807) is 18.2 Å². The number of carbonyl (C=O) groups is 1. The number of nitro benzene ring substituents is 1. The van der Waals surface area contributed by atoms with Gasteiger partial charge in [0, 0.05) is 12.1 Å². The van der Waals surface area contributed by atoms with E-state index in [9.17, 15) is 19.7 Å². The van der Waals surface area contributed by atoms with Crippen molar-refractivity contribution in [1.82, 2.24) is 4.57 Å². The maximum absolute atomic E-state index is 13.4. The summed E-state index contributed by atoms with van der Waals surface area (Å²) in [7, 11) is 1.30. The smallest absolute Gasteiger partial charge is 0.338 e. The molecule has 32 heavy (non-hydrogen) atoms. The number of carbonyl (C=O) groups excluding carboxylic acids is 1. The van der Waals surface area contributed by atoms with Crippen LogP contribution in [0.4, 0.5) is 5.69 Å². The van der Waals surface area contributed by atoms with Gasteiger partial charge in [-0.05, 0) is 23.6 Å². The highest BCUT2D eigenvalue weighted by molar-refractivity contribution is 7.07. The largest absolute Gasteiger partial charge is 0.466 e. The minimum atomic E-state index is -0.679. The molecule has 0 bridgehead atoms. The van der Waals surface area contributed by atoms with Crippen LogP contribution in [0, 0.1) is 10.1 Å². The predicted octanol–water partition coefficient (Wildman–Crippen LogP) is 2.71. The third kappa shape index (κ3) is 3.78. The normalized spacial score (nSPS) is 15.8. The monoisotopic (exact) mass is 449 g/mol. The Morgan fingerprint density at radius 2 is 2.00 bits per heavy atom. The lowest BCUT2D eigenvalue weighted by Gasteiger charge is -2.25. The average Bonchev–Trinajstić information content (AvgIpc) is 3.12. The number of ether oxygens (including phenoxy) is 1. The highest BCUT2D eigenvalue weighted by Crippen LogP contribution is 2.31. The summed E-state index contributed by atoms with van der Waals surface area (Å²) in [5.74, 6) is -0.535. The van der Waals surface area contributed by atoms with Crippen LogP contribution in [0.2, 0.25) is 0 Å². The van der Waals surface area contributed by atoms with Crippen LogP contribution in [0.1, 0.15) is 30.5 Å². The Kier molecular flexibility index (Phi) is 5.83. The fourth-order valence-electron chi connectivity index (χ4n) is 3.69. The van der Waals surface area contributed by atoms with Crippen molar-refractivity contribution in [3.05, 3.63) is 107 Å². The number of methoxy groups -OCH3 is 1. The topological polar surface area (TPSA) is 104 Å². The van der Waals surface area contributed by atoms with Gasteiger partial charge in [0.25, 0.3) is 11.2 Å². The van der Waals surface area contributed by atoms with E-state index < -0.39 is 16.9 Å². The van der Waals surface area contributed by atoms with E-state index in [1.165, 1.54) is 35.1 Å². The first kappa shape index (κ1) is 21.4. The molecule has 1 aliphatic heterocycles. The van der Waals surface area contributed by atoms with E-state index in [-0.39, 0.29) is 11.2 Å². The summed E-state index contributed by atoms with van der Waals surface area (Å²) in [4.78, 5) is 41.8. The quantitative estimate of drug-likeness (QED) is 0.338. The fourth-order valence-corrected chi connectivity index (χ4v) is 4.71. The molecule has 0 unspecified atom stereocenters. The molecule has 9 heteroatoms. The molecule has 1 aliphatic rings. The van der Waals surface area contributed by atoms with Gasteiger partial charge in [0.05, 0.1) is 33.9 Å². The van der Waals surface area contributed by atoms with Gasteiger partial charge in [0.2, 0.25) is 0 Å². The van der Waals surface area contributed by atoms with Gasteiger partial charge in [-0.15, -0.1) is 0 Å². The van der Waals surface area contributed by atoms with Crippen molar-refractivity contribution < 1.29 is 14.5 Å². The molecular formula is C23H19N3O5S. The number of benzene rings is 2. The van der Waals surface area contributed by atoms with Crippen LogP contribution in [0.3, 0.4) is 0 Å². The van der Waals surface area contributed by atoms with Gasteiger partial charge in [-0.1, -0.05) is 60.7 Å². The summed E-state index contributed by atoms with van der Waals surface area (Å²) in [6.07, 6.45) is 2.09. The van der Waals surface area contributed by atoms with Gasteiger partial charge in [0.1, 0.15) is 0 Å². The molecule has 0 radical (unpaired) electrons. The number of allylic oxidation sites excluding steroid dienone is 1. The number of thiazole rings is 1. The Hall–Kier alpha value is -3.85. The van der Waals surface area contributed by atoms with Gasteiger partial charge < -0.3 is 4.74 Å². The number of esters is 1. The molecule has 0 saturated heterocycles. The minimum Gasteiger partial charge on any atom is -0.466 e. The third-order valence-electron chi connectivity index (χ3n) is 5.14. The van der Waals surface area contributed by atoms with Crippen LogP contribution in [0.5, 0.6) is 0 Å². The van der Waals surface area contributed by atoms with Crippen molar-refractivity contribution in [1.29, 1.82) is 0 Å². The van der Waals surface area contributed by atoms with Crippen LogP contribution >= 0.6 is 11.3 Å². The Balaban J connectivity index is 1.98. The maximum atomic E-state index is 13.4. The Labute approximate surface area is 186 Å². The Morgan fingerprint density at radius 3 is 2.66 bits per heavy atom. The van der Waals surface area contributed by atoms with E-state index in [2.05, 4.69) is 4.99 Å². The summed E-state index contributed by atoms with van der Waals surface area (Å²) in [6.45, 7) is 1.89. The second kappa shape index (κ2) is 8.72. The van der Waals surface area contributed by atoms with Crippen molar-refractivity contribution in [3.8, 4) is 0 Å². The first-order valence-corrected chi connectivity index (χ1v) is 10.7. The van der Waals surface area contributed by atoms with Crippen LogP contribution < -0.4 is 14.9 Å². The third-order valence-corrected chi connectivity index (χ3v) is 6.13. The van der Waals surface area contributed by atoms with Crippen molar-refractivity contribution in [3.63, 3.8) is 0 Å². The number of aromatic nitrogens is 1. The second-order valence-electron chi connectivity index (χ2n) is 7.05. The lowest BCUT2D eigenvalue weighted by Crippen LogP contribution is -2.40. The van der Waals surface area contributed by atoms with Gasteiger partial charge in [0.15, 0.2) is 4.80 Å². The van der Waals surface area contributed by atoms with E-state index in [0.29, 0.717) is 32.6 Å². The molecular weight excluding hydrogens is 430 g/mol. The maximum Gasteiger partial charge on any atom is 0.338 e. The molecule has 0 N–H and O–H groups in total. The minimum absolute atomic E-state index is 0.0602. The summed E-state index contributed by atoms with van der Waals surface area (Å²) in [5.41, 5.74) is 1.80. The summed E-state index contributed by atoms with van der Waals surface area (Å²) in [5, 5.41) is 11.1. The van der Waals surface area contributed by atoms with E-state index in [0.717, 1.165) is 5.56 Å². The molecule has 2 heterocycles. The lowest BCUT2D eigenvalue weighted by atomic mass is 9.95. The van der Waals surface area contributed by atoms with Crippen LogP contribution in [0.25, 0.3) is 6.08 Å². The highest BCUT2D eigenvalue weighted by Gasteiger charge is 2.33. The number of hydrogen-bond donors (Lipinski definition) is 0. The zero-order valence-electron chi connectivity index (χ0n) is 17.3. The summed E-state index contributed by atoms with van der Waals surface area (Å²) in [6, 6.07) is 14.6. The van der Waals surface area contributed by atoms with Gasteiger partial charge >= 0.3 is 5.97 Å². The molecule has 4 rings (SSSR count). The average molecular weight is 449 g/mol. The zero-order valence-corrected chi connectivity index (χ0v) is 18.2. The predicted molar refractivity (Wildman–Crippen MR) is 120 cm³/mol. The van der Waals surface area contributed by atoms with Crippen LogP contribution in [-0.4, -0.2) is 22.6 Å². The van der Waals surface area contributed by atoms with Gasteiger partial charge in [-0.2, -0.15) is 0 Å².